The van der Waals surface area contributed by atoms with Crippen molar-refractivity contribution in [3.05, 3.63) is 36.2 Å². The van der Waals surface area contributed by atoms with Crippen LogP contribution >= 0.6 is 0 Å². The van der Waals surface area contributed by atoms with Gasteiger partial charge in [-0.3, -0.25) is 9.78 Å². The van der Waals surface area contributed by atoms with E-state index in [2.05, 4.69) is 26.7 Å². The van der Waals surface area contributed by atoms with Gasteiger partial charge in [-0.25, -0.2) is 4.98 Å². The number of nitriles is 1. The second kappa shape index (κ2) is 8.59. The molecule has 3 rings (SSSR count). The lowest BCUT2D eigenvalue weighted by Gasteiger charge is -2.19. The van der Waals surface area contributed by atoms with Crippen LogP contribution in [-0.2, 0) is 9.59 Å². The Morgan fingerprint density at radius 2 is 2.14 bits per heavy atom. The van der Waals surface area contributed by atoms with Crippen LogP contribution < -0.4 is 10.6 Å². The predicted octanol–water partition coefficient (Wildman–Crippen LogP) is 1.90. The van der Waals surface area contributed by atoms with E-state index < -0.39 is 6.04 Å². The summed E-state index contributed by atoms with van der Waals surface area (Å²) in [4.78, 5) is 33.7. The first-order valence-corrected chi connectivity index (χ1v) is 9.04. The minimum Gasteiger partial charge on any atom is -0.373 e. The molecule has 8 heteroatoms. The van der Waals surface area contributed by atoms with E-state index in [9.17, 15) is 14.9 Å². The second-order valence-electron chi connectivity index (χ2n) is 7.07. The highest BCUT2D eigenvalue weighted by atomic mass is 16.2. The molecule has 1 aromatic carbocycles. The number of rotatable bonds is 8. The molecule has 1 heterocycles. The van der Waals surface area contributed by atoms with Gasteiger partial charge in [-0.2, -0.15) is 5.26 Å². The van der Waals surface area contributed by atoms with E-state index in [0.29, 0.717) is 29.3 Å². The summed E-state index contributed by atoms with van der Waals surface area (Å²) in [6.07, 6.45) is 5.76. The summed E-state index contributed by atoms with van der Waals surface area (Å²) in [7, 11) is 3.75. The van der Waals surface area contributed by atoms with Crippen molar-refractivity contribution in [3.63, 3.8) is 0 Å². The summed E-state index contributed by atoms with van der Waals surface area (Å²) in [6, 6.07) is 6.92. The Kier molecular flexibility index (Phi) is 5.96. The number of carbonyl (C=O) groups is 2. The Labute approximate surface area is 163 Å². The monoisotopic (exact) mass is 378 g/mol. The zero-order chi connectivity index (χ0) is 20.1. The Bertz CT molecular complexity index is 900. The first-order chi connectivity index (χ1) is 13.5. The molecule has 1 saturated carbocycles. The van der Waals surface area contributed by atoms with E-state index >= 15 is 0 Å². The van der Waals surface area contributed by atoms with Crippen molar-refractivity contribution >= 4 is 23.7 Å². The standard InChI is InChI=1S/C20H22N6O2/c1-26(2)11-16(12-27)24-17-7-14(5-6-15(17)8-21)18-9-23-19(10-22-18)25-20(28)13-3-4-13/h5-7,9-10,12-13,16,24H,3-4,11H2,1-2H3,(H,23,25,28)/t16-/m0/s1. The minimum absolute atomic E-state index is 0.0206. The molecule has 8 nitrogen and oxygen atoms in total. The SMILES string of the molecule is CN(C)C[C@@H](C=O)Nc1cc(-c2cnc(NC(=O)C3CC3)cn2)ccc1C#N. The van der Waals surface area contributed by atoms with Crippen molar-refractivity contribution in [2.24, 2.45) is 5.92 Å². The maximum absolute atomic E-state index is 11.8. The average Bonchev–Trinajstić information content (AvgIpc) is 3.53. The Morgan fingerprint density at radius 1 is 1.36 bits per heavy atom. The molecular weight excluding hydrogens is 356 g/mol. The van der Waals surface area contributed by atoms with Gasteiger partial charge in [-0.15, -0.1) is 0 Å². The lowest BCUT2D eigenvalue weighted by Crippen LogP contribution is -2.33. The highest BCUT2D eigenvalue weighted by Gasteiger charge is 2.29. The Balaban J connectivity index is 1.79. The molecule has 2 aromatic rings. The van der Waals surface area contributed by atoms with Gasteiger partial charge in [0, 0.05) is 18.0 Å². The van der Waals surface area contributed by atoms with Gasteiger partial charge in [0.25, 0.3) is 0 Å². The number of amides is 1. The van der Waals surface area contributed by atoms with Crippen LogP contribution in [0.15, 0.2) is 30.6 Å². The van der Waals surface area contributed by atoms with Gasteiger partial charge in [0.05, 0.1) is 35.4 Å². The molecule has 28 heavy (non-hydrogen) atoms. The summed E-state index contributed by atoms with van der Waals surface area (Å²) >= 11 is 0. The lowest BCUT2D eigenvalue weighted by molar-refractivity contribution is -0.117. The van der Waals surface area contributed by atoms with Crippen LogP contribution in [0.25, 0.3) is 11.3 Å². The fourth-order valence-corrected chi connectivity index (χ4v) is 2.75. The van der Waals surface area contributed by atoms with Crippen molar-refractivity contribution in [3.8, 4) is 17.3 Å². The van der Waals surface area contributed by atoms with E-state index in [1.807, 2.05) is 19.0 Å². The number of likely N-dealkylation sites (N-methyl/N-ethyl adjacent to an activating group) is 1. The number of aldehydes is 1. The molecule has 0 aliphatic heterocycles. The molecule has 1 aromatic heterocycles. The van der Waals surface area contributed by atoms with E-state index in [1.165, 1.54) is 6.20 Å². The molecule has 1 amide bonds. The summed E-state index contributed by atoms with van der Waals surface area (Å²) in [5.74, 6) is 0.494. The molecule has 1 aliphatic carbocycles. The third-order valence-corrected chi connectivity index (χ3v) is 4.35. The number of hydrogen-bond donors (Lipinski definition) is 2. The molecule has 0 saturated heterocycles. The Morgan fingerprint density at radius 3 is 2.71 bits per heavy atom. The number of carbonyl (C=O) groups excluding carboxylic acids is 2. The van der Waals surface area contributed by atoms with Crippen LogP contribution in [0.5, 0.6) is 0 Å². The van der Waals surface area contributed by atoms with Gasteiger partial charge in [0.15, 0.2) is 5.82 Å². The van der Waals surface area contributed by atoms with Gasteiger partial charge in [0.2, 0.25) is 5.91 Å². The molecule has 144 valence electrons. The lowest BCUT2D eigenvalue weighted by atomic mass is 10.1. The van der Waals surface area contributed by atoms with Gasteiger partial charge in [-0.1, -0.05) is 6.07 Å². The number of nitrogens with zero attached hydrogens (tertiary/aromatic N) is 4. The maximum Gasteiger partial charge on any atom is 0.228 e. The predicted molar refractivity (Wildman–Crippen MR) is 106 cm³/mol. The molecule has 0 bridgehead atoms. The topological polar surface area (TPSA) is 111 Å². The highest BCUT2D eigenvalue weighted by Crippen LogP contribution is 2.30. The van der Waals surface area contributed by atoms with E-state index in [1.54, 1.807) is 24.4 Å². The third-order valence-electron chi connectivity index (χ3n) is 4.35. The molecule has 1 fully saturated rings. The molecular formula is C20H22N6O2. The summed E-state index contributed by atoms with van der Waals surface area (Å²) in [5.41, 5.74) is 2.36. The molecule has 0 unspecified atom stereocenters. The number of nitrogens with one attached hydrogen (secondary N) is 2. The first-order valence-electron chi connectivity index (χ1n) is 9.04. The van der Waals surface area contributed by atoms with Gasteiger partial charge >= 0.3 is 0 Å². The molecule has 1 aliphatic rings. The average molecular weight is 378 g/mol. The summed E-state index contributed by atoms with van der Waals surface area (Å²) in [5, 5.41) is 15.2. The van der Waals surface area contributed by atoms with Crippen molar-refractivity contribution < 1.29 is 9.59 Å². The minimum atomic E-state index is -0.441. The normalized spacial score (nSPS) is 14.2. The first kappa shape index (κ1) is 19.5. The van der Waals surface area contributed by atoms with Crippen LogP contribution in [0.4, 0.5) is 11.5 Å². The van der Waals surface area contributed by atoms with Crippen LogP contribution in [0.3, 0.4) is 0 Å². The van der Waals surface area contributed by atoms with E-state index in [4.69, 9.17) is 0 Å². The van der Waals surface area contributed by atoms with Crippen molar-refractivity contribution in [2.45, 2.75) is 18.9 Å². The van der Waals surface area contributed by atoms with E-state index in [-0.39, 0.29) is 11.8 Å². The highest BCUT2D eigenvalue weighted by molar-refractivity contribution is 5.93. The molecule has 2 N–H and O–H groups in total. The van der Waals surface area contributed by atoms with Gasteiger partial charge in [0.1, 0.15) is 12.4 Å². The molecule has 0 radical (unpaired) electrons. The number of hydrogen-bond acceptors (Lipinski definition) is 7. The maximum atomic E-state index is 11.8. The van der Waals surface area contributed by atoms with Crippen LogP contribution in [-0.4, -0.2) is 53.7 Å². The third kappa shape index (κ3) is 4.90. The van der Waals surface area contributed by atoms with Gasteiger partial charge < -0.3 is 20.3 Å². The van der Waals surface area contributed by atoms with Crippen LogP contribution in [0.2, 0.25) is 0 Å². The summed E-state index contributed by atoms with van der Waals surface area (Å²) in [6.45, 7) is 0.508. The number of aromatic nitrogens is 2. The van der Waals surface area contributed by atoms with Gasteiger partial charge in [-0.05, 0) is 39.1 Å². The number of benzene rings is 1. The second-order valence-corrected chi connectivity index (χ2v) is 7.07. The zero-order valence-corrected chi connectivity index (χ0v) is 15.8. The van der Waals surface area contributed by atoms with Crippen molar-refractivity contribution in [1.82, 2.24) is 14.9 Å². The van der Waals surface area contributed by atoms with Crippen LogP contribution in [0.1, 0.15) is 18.4 Å². The number of anilines is 2. The molecule has 0 spiro atoms. The Hall–Kier alpha value is -3.31. The molecule has 1 atom stereocenters. The van der Waals surface area contributed by atoms with Crippen molar-refractivity contribution in [2.75, 3.05) is 31.3 Å². The van der Waals surface area contributed by atoms with Crippen LogP contribution in [0, 0.1) is 17.2 Å². The summed E-state index contributed by atoms with van der Waals surface area (Å²) < 4.78 is 0. The smallest absolute Gasteiger partial charge is 0.228 e. The van der Waals surface area contributed by atoms with E-state index in [0.717, 1.165) is 24.7 Å². The zero-order valence-electron chi connectivity index (χ0n) is 15.8. The quantitative estimate of drug-likeness (QED) is 0.675. The van der Waals surface area contributed by atoms with Crippen molar-refractivity contribution in [1.29, 1.82) is 5.26 Å². The fourth-order valence-electron chi connectivity index (χ4n) is 2.75. The fraction of sp³-hybridized carbons (Fsp3) is 0.350. The largest absolute Gasteiger partial charge is 0.373 e.